The number of aromatic hydroxyl groups is 1. The van der Waals surface area contributed by atoms with E-state index in [1.165, 1.54) is 44.5 Å². The summed E-state index contributed by atoms with van der Waals surface area (Å²) >= 11 is 0. The van der Waals surface area contributed by atoms with Crippen molar-refractivity contribution in [3.05, 3.63) is 179 Å². The summed E-state index contributed by atoms with van der Waals surface area (Å²) in [6, 6.07) is 48.6. The quantitative estimate of drug-likeness (QED) is 0.181. The lowest BCUT2D eigenvalue weighted by molar-refractivity contribution is 0.475. The zero-order valence-corrected chi connectivity index (χ0v) is 41.1. The molecule has 2 heterocycles. The van der Waals surface area contributed by atoms with E-state index in [4.69, 9.17) is 9.97 Å². The first-order chi connectivity index (χ1) is 31.2. The van der Waals surface area contributed by atoms with Gasteiger partial charge in [0.1, 0.15) is 11.6 Å². The number of aryl methyl sites for hydroxylation is 4. The number of pyridine rings is 1. The third-order valence-corrected chi connectivity index (χ3v) is 13.5. The van der Waals surface area contributed by atoms with E-state index in [1.54, 1.807) is 0 Å². The number of nitrogens with zero attached hydrogens (tertiary/aromatic N) is 3. The van der Waals surface area contributed by atoms with E-state index in [-0.39, 0.29) is 22.0 Å². The Kier molecular flexibility index (Phi) is 11.0. The lowest BCUT2D eigenvalue weighted by Gasteiger charge is -2.21. The first kappa shape index (κ1) is 44.4. The summed E-state index contributed by atoms with van der Waals surface area (Å²) in [5.74, 6) is 0.887. The second-order valence-corrected chi connectivity index (χ2v) is 21.7. The van der Waals surface area contributed by atoms with Crippen molar-refractivity contribution in [1.82, 2.24) is 14.5 Å². The highest BCUT2D eigenvalue weighted by molar-refractivity contribution is 6.03. The molecule has 4 nitrogen and oxygen atoms in total. The van der Waals surface area contributed by atoms with E-state index in [0.29, 0.717) is 11.4 Å². The van der Waals surface area contributed by atoms with Crippen LogP contribution in [0, 0.1) is 27.7 Å². The maximum Gasteiger partial charge on any atom is 0.149 e. The van der Waals surface area contributed by atoms with Gasteiger partial charge >= 0.3 is 0 Å². The van der Waals surface area contributed by atoms with Crippen molar-refractivity contribution in [3.63, 3.8) is 0 Å². The molecule has 4 heteroatoms. The van der Waals surface area contributed by atoms with Crippen LogP contribution in [0.4, 0.5) is 0 Å². The molecule has 0 radical (unpaired) electrons. The van der Waals surface area contributed by atoms with Gasteiger partial charge in [-0.1, -0.05) is 141 Å². The number of imidazole rings is 1. The van der Waals surface area contributed by atoms with Crippen molar-refractivity contribution >= 4 is 21.9 Å². The van der Waals surface area contributed by atoms with Gasteiger partial charge in [-0.25, -0.2) is 4.98 Å². The third kappa shape index (κ3) is 8.23. The van der Waals surface area contributed by atoms with Crippen LogP contribution < -0.4 is 0 Å². The third-order valence-electron chi connectivity index (χ3n) is 13.5. The molecule has 7 aromatic carbocycles. The van der Waals surface area contributed by atoms with Crippen molar-refractivity contribution in [2.75, 3.05) is 0 Å². The molecule has 0 atom stereocenters. The lowest BCUT2D eigenvalue weighted by Crippen LogP contribution is -2.11. The minimum atomic E-state index is -0.142. The Hall–Kier alpha value is -6.78. The Morgan fingerprint density at radius 2 is 1.02 bits per heavy atom. The first-order valence-electron chi connectivity index (χ1n) is 23.4. The molecule has 66 heavy (non-hydrogen) atoms. The number of hydrogen-bond acceptors (Lipinski definition) is 3. The highest BCUT2D eigenvalue weighted by Gasteiger charge is 2.25. The summed E-state index contributed by atoms with van der Waals surface area (Å²) in [5.41, 5.74) is 21.9. The van der Waals surface area contributed by atoms with Gasteiger partial charge < -0.3 is 5.11 Å². The fraction of sp³-hybridized carbons (Fsp3) is 0.258. The fourth-order valence-corrected chi connectivity index (χ4v) is 9.70. The highest BCUT2D eigenvalue weighted by atomic mass is 16.3. The molecule has 0 saturated heterocycles. The normalized spacial score (nSPS) is 12.4. The lowest BCUT2D eigenvalue weighted by atomic mass is 9.86. The number of hydrogen-bond donors (Lipinski definition) is 1. The van der Waals surface area contributed by atoms with Gasteiger partial charge in [0.25, 0.3) is 0 Å². The standard InChI is InChI=1S/C62H63N3O/c1-37-29-39(3)56(40(4)30-37)45-33-50-38(2)27-28-63-57(50)51(34-45)42-15-14-16-43(31-42)52-32-44(41-17-19-46(20-18-41)60(5,6)7)35-54-58(52)64-59(53-36-48(62(11,12)13)23-26-55(53)66)65(54)49-24-21-47(22-25-49)61(8,9)10/h14-36,66H,1-13H3. The van der Waals surface area contributed by atoms with E-state index in [1.807, 2.05) is 18.3 Å². The molecule has 0 unspecified atom stereocenters. The second-order valence-electron chi connectivity index (χ2n) is 21.7. The van der Waals surface area contributed by atoms with Crippen LogP contribution in [0.3, 0.4) is 0 Å². The molecule has 332 valence electrons. The van der Waals surface area contributed by atoms with E-state index >= 15 is 0 Å². The Labute approximate surface area is 392 Å². The van der Waals surface area contributed by atoms with Crippen LogP contribution in [0.5, 0.6) is 5.75 Å². The monoisotopic (exact) mass is 865 g/mol. The van der Waals surface area contributed by atoms with E-state index in [2.05, 4.69) is 216 Å². The Morgan fingerprint density at radius 3 is 1.62 bits per heavy atom. The summed E-state index contributed by atoms with van der Waals surface area (Å²) < 4.78 is 2.25. The molecule has 9 aromatic rings. The maximum atomic E-state index is 11.8. The largest absolute Gasteiger partial charge is 0.507 e. The molecule has 0 fully saturated rings. The smallest absolute Gasteiger partial charge is 0.149 e. The van der Waals surface area contributed by atoms with Crippen LogP contribution in [0.1, 0.15) is 101 Å². The molecule has 1 N–H and O–H groups in total. The molecule has 0 spiro atoms. The van der Waals surface area contributed by atoms with Gasteiger partial charge in [0.15, 0.2) is 0 Å². The maximum absolute atomic E-state index is 11.8. The first-order valence-corrected chi connectivity index (χ1v) is 23.4. The average Bonchev–Trinajstić information content (AvgIpc) is 3.64. The molecule has 0 amide bonds. The van der Waals surface area contributed by atoms with Crippen molar-refractivity contribution in [2.45, 2.75) is 106 Å². The molecule has 0 aliphatic heterocycles. The second kappa shape index (κ2) is 16.3. The number of rotatable bonds is 6. The predicted octanol–water partition coefficient (Wildman–Crippen LogP) is 16.7. The molecular weight excluding hydrogens is 803 g/mol. The van der Waals surface area contributed by atoms with Crippen LogP contribution in [-0.4, -0.2) is 19.6 Å². The molecule has 9 rings (SSSR count). The number of phenols is 1. The van der Waals surface area contributed by atoms with Gasteiger partial charge in [-0.3, -0.25) is 9.55 Å². The summed E-state index contributed by atoms with van der Waals surface area (Å²) in [5, 5.41) is 12.9. The minimum absolute atomic E-state index is 0.0148. The number of aromatic nitrogens is 3. The zero-order chi connectivity index (χ0) is 47.0. The van der Waals surface area contributed by atoms with Crippen molar-refractivity contribution < 1.29 is 5.11 Å². The van der Waals surface area contributed by atoms with Gasteiger partial charge in [0.05, 0.1) is 22.1 Å². The van der Waals surface area contributed by atoms with Crippen molar-refractivity contribution in [3.8, 4) is 67.3 Å². The van der Waals surface area contributed by atoms with Gasteiger partial charge in [-0.05, 0) is 171 Å². The molecule has 0 aliphatic carbocycles. The van der Waals surface area contributed by atoms with Gasteiger partial charge in [-0.2, -0.15) is 0 Å². The molecular formula is C62H63N3O. The highest BCUT2D eigenvalue weighted by Crippen LogP contribution is 2.44. The van der Waals surface area contributed by atoms with E-state index in [0.717, 1.165) is 66.6 Å². The average molecular weight is 866 g/mol. The molecule has 0 bridgehead atoms. The summed E-state index contributed by atoms with van der Waals surface area (Å²) in [7, 11) is 0. The summed E-state index contributed by atoms with van der Waals surface area (Å²) in [6.45, 7) is 28.9. The zero-order valence-electron chi connectivity index (χ0n) is 41.1. The van der Waals surface area contributed by atoms with E-state index < -0.39 is 0 Å². The predicted molar refractivity (Wildman–Crippen MR) is 280 cm³/mol. The molecule has 0 aliphatic rings. The fourth-order valence-electron chi connectivity index (χ4n) is 9.70. The van der Waals surface area contributed by atoms with Crippen molar-refractivity contribution in [1.29, 1.82) is 0 Å². The number of benzene rings is 7. The SMILES string of the molecule is Cc1cc(C)c(-c2cc(-c3cccc(-c4cc(-c5ccc(C(C)(C)C)cc5)cc5c4nc(-c4cc(C(C)(C)C)ccc4O)n5-c4ccc(C(C)(C)C)cc4)c3)c3nccc(C)c3c2)c(C)c1. The summed E-state index contributed by atoms with van der Waals surface area (Å²) in [6.07, 6.45) is 1.93. The molecule has 2 aromatic heterocycles. The van der Waals surface area contributed by atoms with Crippen LogP contribution in [0.15, 0.2) is 140 Å². The number of fused-ring (bicyclic) bond motifs is 2. The van der Waals surface area contributed by atoms with Crippen LogP contribution in [0.2, 0.25) is 0 Å². The Balaban J connectivity index is 1.35. The van der Waals surface area contributed by atoms with Gasteiger partial charge in [0, 0.05) is 28.4 Å². The minimum Gasteiger partial charge on any atom is -0.507 e. The van der Waals surface area contributed by atoms with Crippen molar-refractivity contribution in [2.24, 2.45) is 0 Å². The van der Waals surface area contributed by atoms with Crippen LogP contribution >= 0.6 is 0 Å². The van der Waals surface area contributed by atoms with Gasteiger partial charge in [0.2, 0.25) is 0 Å². The van der Waals surface area contributed by atoms with Gasteiger partial charge in [-0.15, -0.1) is 0 Å². The molecule has 0 saturated carbocycles. The van der Waals surface area contributed by atoms with Crippen LogP contribution in [-0.2, 0) is 16.2 Å². The Bertz CT molecular complexity index is 3300. The summed E-state index contributed by atoms with van der Waals surface area (Å²) in [4.78, 5) is 10.6. The number of phenolic OH excluding ortho intramolecular Hbond substituents is 1. The Morgan fingerprint density at radius 1 is 0.455 bits per heavy atom. The van der Waals surface area contributed by atoms with Crippen LogP contribution in [0.25, 0.3) is 83.5 Å². The van der Waals surface area contributed by atoms with E-state index in [9.17, 15) is 5.11 Å². The topological polar surface area (TPSA) is 50.9 Å².